The van der Waals surface area contributed by atoms with Gasteiger partial charge in [-0.15, -0.1) is 0 Å². The largest absolute Gasteiger partial charge is 0.489 e. The van der Waals surface area contributed by atoms with E-state index in [1.807, 2.05) is 31.2 Å². The van der Waals surface area contributed by atoms with Gasteiger partial charge in [0.15, 0.2) is 0 Å². The second-order valence-electron chi connectivity index (χ2n) is 10.1. The van der Waals surface area contributed by atoms with Gasteiger partial charge in [0.2, 0.25) is 0 Å². The molecule has 2 aromatic rings. The van der Waals surface area contributed by atoms with E-state index in [0.717, 1.165) is 63.0 Å². The normalized spacial score (nSPS) is 14.1. The van der Waals surface area contributed by atoms with Gasteiger partial charge >= 0.3 is 6.03 Å². The number of ether oxygens (including phenoxy) is 1. The molecule has 0 aromatic heterocycles. The molecule has 0 radical (unpaired) electrons. The molecule has 4 N–H and O–H groups in total. The predicted molar refractivity (Wildman–Crippen MR) is 136 cm³/mol. The second-order valence-corrected chi connectivity index (χ2v) is 10.1. The van der Waals surface area contributed by atoms with Crippen LogP contribution in [0, 0.1) is 12.3 Å². The van der Waals surface area contributed by atoms with Crippen LogP contribution in [-0.2, 0) is 11.4 Å². The fourth-order valence-corrected chi connectivity index (χ4v) is 3.97. The zero-order valence-corrected chi connectivity index (χ0v) is 21.1. The van der Waals surface area contributed by atoms with Crippen LogP contribution in [0.25, 0.3) is 0 Å². The predicted octanol–water partition coefficient (Wildman–Crippen LogP) is 4.84. The molecule has 1 aliphatic rings. The number of hydrogen-bond donors (Lipinski definition) is 2. The SMILES string of the molecule is CON=C(CC(C)(C)C)c1ccc(OCc2c(C3CC3)cccc2N(N)C(=O)N(C)N)c(C)c1. The van der Waals surface area contributed by atoms with Crippen molar-refractivity contribution in [2.75, 3.05) is 19.2 Å². The second kappa shape index (κ2) is 10.4. The van der Waals surface area contributed by atoms with Crippen molar-refractivity contribution in [2.45, 2.75) is 59.5 Å². The first-order chi connectivity index (χ1) is 16.0. The van der Waals surface area contributed by atoms with Crippen molar-refractivity contribution in [2.24, 2.45) is 22.3 Å². The van der Waals surface area contributed by atoms with Crippen LogP contribution in [0.4, 0.5) is 10.5 Å². The van der Waals surface area contributed by atoms with Crippen LogP contribution in [0.2, 0.25) is 0 Å². The van der Waals surface area contributed by atoms with E-state index < -0.39 is 6.03 Å². The number of urea groups is 1. The van der Waals surface area contributed by atoms with E-state index in [9.17, 15) is 4.79 Å². The van der Waals surface area contributed by atoms with Crippen molar-refractivity contribution in [1.82, 2.24) is 5.01 Å². The Morgan fingerprint density at radius 3 is 2.44 bits per heavy atom. The summed E-state index contributed by atoms with van der Waals surface area (Å²) >= 11 is 0. The maximum Gasteiger partial charge on any atom is 0.352 e. The number of amides is 2. The van der Waals surface area contributed by atoms with Crippen molar-refractivity contribution >= 4 is 17.4 Å². The summed E-state index contributed by atoms with van der Waals surface area (Å²) in [4.78, 5) is 17.5. The lowest BCUT2D eigenvalue weighted by Gasteiger charge is -2.25. The maximum atomic E-state index is 12.4. The Kier molecular flexibility index (Phi) is 7.84. The number of nitrogens with zero attached hydrogens (tertiary/aromatic N) is 3. The number of nitrogens with two attached hydrogens (primary N) is 2. The van der Waals surface area contributed by atoms with Gasteiger partial charge in [0.05, 0.1) is 11.4 Å². The molecule has 34 heavy (non-hydrogen) atoms. The molecule has 2 amide bonds. The van der Waals surface area contributed by atoms with E-state index in [0.29, 0.717) is 18.2 Å². The molecule has 2 aromatic carbocycles. The van der Waals surface area contributed by atoms with Gasteiger partial charge in [-0.1, -0.05) is 38.1 Å². The topological polar surface area (TPSA) is 106 Å². The van der Waals surface area contributed by atoms with Crippen LogP contribution in [0.5, 0.6) is 5.75 Å². The first-order valence-corrected chi connectivity index (χ1v) is 11.5. The molecule has 8 heteroatoms. The van der Waals surface area contributed by atoms with E-state index in [2.05, 4.69) is 38.1 Å². The summed E-state index contributed by atoms with van der Waals surface area (Å²) in [5.41, 5.74) is 5.63. The summed E-state index contributed by atoms with van der Waals surface area (Å²) in [5.74, 6) is 13.0. The van der Waals surface area contributed by atoms with E-state index in [-0.39, 0.29) is 5.41 Å². The maximum absolute atomic E-state index is 12.4. The van der Waals surface area contributed by atoms with Gasteiger partial charge in [0, 0.05) is 12.6 Å². The van der Waals surface area contributed by atoms with E-state index in [1.165, 1.54) is 7.05 Å². The number of carbonyl (C=O) groups is 1. The minimum Gasteiger partial charge on any atom is -0.489 e. The molecule has 0 saturated heterocycles. The number of benzene rings is 2. The summed E-state index contributed by atoms with van der Waals surface area (Å²) in [7, 11) is 3.03. The smallest absolute Gasteiger partial charge is 0.352 e. The van der Waals surface area contributed by atoms with Crippen LogP contribution in [0.1, 0.15) is 68.2 Å². The highest BCUT2D eigenvalue weighted by atomic mass is 16.6. The molecule has 0 atom stereocenters. The number of rotatable bonds is 8. The van der Waals surface area contributed by atoms with Crippen molar-refractivity contribution in [1.29, 1.82) is 0 Å². The van der Waals surface area contributed by atoms with Crippen LogP contribution in [0.15, 0.2) is 41.6 Å². The molecule has 8 nitrogen and oxygen atoms in total. The van der Waals surface area contributed by atoms with Crippen LogP contribution in [-0.4, -0.2) is 30.9 Å². The first kappa shape index (κ1) is 25.5. The van der Waals surface area contributed by atoms with Crippen LogP contribution < -0.4 is 21.4 Å². The lowest BCUT2D eigenvalue weighted by atomic mass is 9.87. The van der Waals surface area contributed by atoms with Crippen LogP contribution in [0.3, 0.4) is 0 Å². The van der Waals surface area contributed by atoms with Gasteiger partial charge in [-0.2, -0.15) is 0 Å². The fourth-order valence-electron chi connectivity index (χ4n) is 3.97. The standard InChI is InChI=1S/C26H37N5O3/c1-17-14-19(22(29-33-6)15-26(2,3)4)12-13-24(17)34-16-21-20(18-10-11-18)8-7-9-23(21)31(28)25(32)30(5)27/h7-9,12-14,18H,10-11,15-16,27-28H2,1-6H3. The quantitative estimate of drug-likeness (QED) is 0.250. The molecule has 0 bridgehead atoms. The molecule has 1 saturated carbocycles. The Balaban J connectivity index is 1.86. The lowest BCUT2D eigenvalue weighted by Crippen LogP contribution is -2.49. The summed E-state index contributed by atoms with van der Waals surface area (Å²) in [6, 6.07) is 11.3. The number of carbonyl (C=O) groups excluding carboxylic acids is 1. The molecule has 0 heterocycles. The number of anilines is 1. The first-order valence-electron chi connectivity index (χ1n) is 11.5. The minimum absolute atomic E-state index is 0.0759. The number of hydrogen-bond acceptors (Lipinski definition) is 6. The molecule has 0 spiro atoms. The fraction of sp³-hybridized carbons (Fsp3) is 0.462. The Morgan fingerprint density at radius 1 is 1.18 bits per heavy atom. The molecule has 0 unspecified atom stereocenters. The van der Waals surface area contributed by atoms with Gasteiger partial charge in [-0.05, 0) is 78.5 Å². The van der Waals surface area contributed by atoms with Crippen molar-refractivity contribution in [3.8, 4) is 5.75 Å². The average molecular weight is 468 g/mol. The third-order valence-corrected chi connectivity index (χ3v) is 5.75. The Labute approximate surface area is 202 Å². The third-order valence-electron chi connectivity index (χ3n) is 5.75. The average Bonchev–Trinajstić information content (AvgIpc) is 3.61. The summed E-state index contributed by atoms with van der Waals surface area (Å²) < 4.78 is 6.26. The van der Waals surface area contributed by atoms with Crippen LogP contribution >= 0.6 is 0 Å². The lowest BCUT2D eigenvalue weighted by molar-refractivity contribution is 0.211. The monoisotopic (exact) mass is 467 g/mol. The summed E-state index contributed by atoms with van der Waals surface area (Å²) in [6.45, 7) is 8.82. The Bertz CT molecular complexity index is 1050. The van der Waals surface area contributed by atoms with E-state index >= 15 is 0 Å². The molecular weight excluding hydrogens is 430 g/mol. The zero-order chi connectivity index (χ0) is 25.0. The molecule has 0 aliphatic heterocycles. The van der Waals surface area contributed by atoms with Gasteiger partial charge in [-0.25, -0.2) is 21.5 Å². The number of aryl methyl sites for hydroxylation is 1. The third kappa shape index (κ3) is 6.27. The minimum atomic E-state index is -0.501. The van der Waals surface area contributed by atoms with Crippen molar-refractivity contribution in [3.05, 3.63) is 58.7 Å². The number of oxime groups is 1. The highest BCUT2D eigenvalue weighted by molar-refractivity contribution is 6.00. The molecule has 3 rings (SSSR count). The van der Waals surface area contributed by atoms with Gasteiger partial charge in [0.25, 0.3) is 0 Å². The van der Waals surface area contributed by atoms with Crippen molar-refractivity contribution < 1.29 is 14.4 Å². The molecule has 184 valence electrons. The van der Waals surface area contributed by atoms with Gasteiger partial charge < -0.3 is 9.57 Å². The Hall–Kier alpha value is -3.10. The highest BCUT2D eigenvalue weighted by Gasteiger charge is 2.29. The highest BCUT2D eigenvalue weighted by Crippen LogP contribution is 2.44. The number of hydrazine groups is 2. The Morgan fingerprint density at radius 2 is 1.88 bits per heavy atom. The molecular formula is C26H37N5O3. The van der Waals surface area contributed by atoms with E-state index in [4.69, 9.17) is 21.3 Å². The zero-order valence-electron chi connectivity index (χ0n) is 21.1. The summed E-state index contributed by atoms with van der Waals surface area (Å²) in [6.07, 6.45) is 3.03. The van der Waals surface area contributed by atoms with E-state index in [1.54, 1.807) is 7.11 Å². The summed E-state index contributed by atoms with van der Waals surface area (Å²) in [5, 5.41) is 6.30. The molecule has 1 aliphatic carbocycles. The van der Waals surface area contributed by atoms with Gasteiger partial charge in [-0.3, -0.25) is 5.01 Å². The van der Waals surface area contributed by atoms with Crippen molar-refractivity contribution in [3.63, 3.8) is 0 Å². The van der Waals surface area contributed by atoms with Gasteiger partial charge in [0.1, 0.15) is 19.5 Å². The molecule has 1 fully saturated rings.